The Kier molecular flexibility index (Phi) is 3.07. The van der Waals surface area contributed by atoms with E-state index in [0.717, 1.165) is 6.42 Å². The molecule has 0 aromatic heterocycles. The lowest BCUT2D eigenvalue weighted by molar-refractivity contribution is 0.551. The highest BCUT2D eigenvalue weighted by Crippen LogP contribution is 2.19. The van der Waals surface area contributed by atoms with E-state index >= 15 is 0 Å². The van der Waals surface area contributed by atoms with E-state index in [1.54, 1.807) is 0 Å². The van der Waals surface area contributed by atoms with Crippen molar-refractivity contribution in [3.8, 4) is 0 Å². The van der Waals surface area contributed by atoms with Crippen molar-refractivity contribution in [2.75, 3.05) is 18.1 Å². The summed E-state index contributed by atoms with van der Waals surface area (Å²) in [6.45, 7) is 0.682. The van der Waals surface area contributed by atoms with Gasteiger partial charge in [-0.3, -0.25) is 4.78 Å². The average molecular weight is 224 g/mol. The Balaban J connectivity index is 2.13. The number of benzene rings is 1. The summed E-state index contributed by atoms with van der Waals surface area (Å²) in [4.78, 5) is 0. The highest BCUT2D eigenvalue weighted by Gasteiger charge is 2.18. The summed E-state index contributed by atoms with van der Waals surface area (Å²) in [5, 5.41) is 3.35. The predicted molar refractivity (Wildman–Crippen MR) is 62.4 cm³/mol. The Morgan fingerprint density at radius 2 is 2.00 bits per heavy atom. The number of nitrogens with one attached hydrogen (secondary N) is 2. The number of rotatable bonds is 1. The summed E-state index contributed by atoms with van der Waals surface area (Å²) in [5.74, 6) is 0.996. The van der Waals surface area contributed by atoms with Crippen LogP contribution in [0.15, 0.2) is 30.3 Å². The largest absolute Gasteiger partial charge is 0.309 e. The van der Waals surface area contributed by atoms with Gasteiger partial charge in [0.25, 0.3) is 0 Å². The van der Waals surface area contributed by atoms with Gasteiger partial charge in [0.2, 0.25) is 0 Å². The lowest BCUT2D eigenvalue weighted by atomic mass is 10.1. The van der Waals surface area contributed by atoms with Crippen LogP contribution in [0, 0.1) is 4.78 Å². The van der Waals surface area contributed by atoms with Crippen LogP contribution in [-0.4, -0.2) is 22.3 Å². The molecule has 1 fully saturated rings. The molecule has 0 amide bonds. The van der Waals surface area contributed by atoms with E-state index in [1.807, 2.05) is 18.2 Å². The van der Waals surface area contributed by atoms with E-state index in [9.17, 15) is 4.21 Å². The van der Waals surface area contributed by atoms with Gasteiger partial charge in [-0.25, -0.2) is 4.21 Å². The van der Waals surface area contributed by atoms with Crippen molar-refractivity contribution in [2.24, 2.45) is 0 Å². The van der Waals surface area contributed by atoms with Crippen LogP contribution < -0.4 is 5.32 Å². The third-order valence-corrected chi connectivity index (χ3v) is 4.52. The van der Waals surface area contributed by atoms with Crippen LogP contribution in [0.1, 0.15) is 18.0 Å². The number of hydrogen-bond acceptors (Lipinski definition) is 3. The van der Waals surface area contributed by atoms with Crippen molar-refractivity contribution in [3.05, 3.63) is 35.9 Å². The maximum atomic E-state index is 11.6. The molecule has 0 saturated carbocycles. The maximum Gasteiger partial charge on any atom is 0.0454 e. The van der Waals surface area contributed by atoms with Crippen LogP contribution in [0.25, 0.3) is 0 Å². The maximum absolute atomic E-state index is 11.6. The molecule has 1 saturated heterocycles. The lowest BCUT2D eigenvalue weighted by Gasteiger charge is -2.15. The van der Waals surface area contributed by atoms with Crippen molar-refractivity contribution < 1.29 is 4.21 Å². The van der Waals surface area contributed by atoms with Gasteiger partial charge in [-0.05, 0) is 12.0 Å². The van der Waals surface area contributed by atoms with Gasteiger partial charge in [-0.1, -0.05) is 30.3 Å². The third kappa shape index (κ3) is 2.79. The molecule has 3 nitrogen and oxygen atoms in total. The molecule has 0 radical (unpaired) electrons. The second-order valence-electron chi connectivity index (χ2n) is 3.93. The molecule has 2 rings (SSSR count). The molecular formula is C11H16N2OS. The molecule has 1 aromatic rings. The van der Waals surface area contributed by atoms with Crippen LogP contribution in [0.5, 0.6) is 0 Å². The van der Waals surface area contributed by atoms with Crippen molar-refractivity contribution in [1.29, 1.82) is 4.78 Å². The normalized spacial score (nSPS) is 32.1. The lowest BCUT2D eigenvalue weighted by Crippen LogP contribution is -2.22. The van der Waals surface area contributed by atoms with Gasteiger partial charge in [0.15, 0.2) is 0 Å². The third-order valence-electron chi connectivity index (χ3n) is 2.76. The first-order chi connectivity index (χ1) is 7.17. The molecule has 82 valence electrons. The fourth-order valence-corrected chi connectivity index (χ4v) is 3.15. The van der Waals surface area contributed by atoms with Crippen LogP contribution in [-0.2, 0) is 9.73 Å². The molecule has 2 unspecified atom stereocenters. The van der Waals surface area contributed by atoms with Crippen molar-refractivity contribution in [3.63, 3.8) is 0 Å². The van der Waals surface area contributed by atoms with Gasteiger partial charge in [0.1, 0.15) is 0 Å². The minimum Gasteiger partial charge on any atom is -0.309 e. The van der Waals surface area contributed by atoms with Gasteiger partial charge in [-0.15, -0.1) is 0 Å². The van der Waals surface area contributed by atoms with E-state index in [-0.39, 0.29) is 6.04 Å². The van der Waals surface area contributed by atoms with E-state index in [0.29, 0.717) is 18.1 Å². The highest BCUT2D eigenvalue weighted by atomic mass is 32.2. The molecule has 0 spiro atoms. The zero-order chi connectivity index (χ0) is 10.7. The topological polar surface area (TPSA) is 53.0 Å². The van der Waals surface area contributed by atoms with Crippen molar-refractivity contribution in [2.45, 2.75) is 12.5 Å². The van der Waals surface area contributed by atoms with E-state index in [2.05, 4.69) is 17.4 Å². The van der Waals surface area contributed by atoms with Crippen LogP contribution in [0.2, 0.25) is 0 Å². The molecular weight excluding hydrogens is 208 g/mol. The van der Waals surface area contributed by atoms with Crippen molar-refractivity contribution in [1.82, 2.24) is 5.32 Å². The first-order valence-corrected chi connectivity index (χ1v) is 7.09. The minimum atomic E-state index is -2.32. The summed E-state index contributed by atoms with van der Waals surface area (Å²) in [6, 6.07) is 10.4. The fraction of sp³-hybridized carbons (Fsp3) is 0.455. The SMILES string of the molecule is N=S1(=O)CCNC(c2ccccc2)CC1. The first kappa shape index (κ1) is 10.6. The molecule has 4 heteroatoms. The minimum absolute atomic E-state index is 0.264. The zero-order valence-corrected chi connectivity index (χ0v) is 9.43. The Morgan fingerprint density at radius 1 is 1.27 bits per heavy atom. The van der Waals surface area contributed by atoms with Gasteiger partial charge in [0, 0.05) is 33.8 Å². The van der Waals surface area contributed by atoms with Crippen LogP contribution in [0.4, 0.5) is 0 Å². The van der Waals surface area contributed by atoms with E-state index in [1.165, 1.54) is 5.56 Å². The first-order valence-electron chi connectivity index (χ1n) is 5.20. The summed E-state index contributed by atoms with van der Waals surface area (Å²) in [7, 11) is -2.32. The zero-order valence-electron chi connectivity index (χ0n) is 8.61. The molecule has 0 aliphatic carbocycles. The number of hydrogen-bond donors (Lipinski definition) is 2. The molecule has 2 N–H and O–H groups in total. The fourth-order valence-electron chi connectivity index (χ4n) is 1.88. The Labute approximate surface area is 90.9 Å². The van der Waals surface area contributed by atoms with Gasteiger partial charge in [-0.2, -0.15) is 0 Å². The van der Waals surface area contributed by atoms with Gasteiger partial charge in [0.05, 0.1) is 0 Å². The monoisotopic (exact) mass is 224 g/mol. The van der Waals surface area contributed by atoms with Gasteiger partial charge >= 0.3 is 0 Å². The Morgan fingerprint density at radius 3 is 2.73 bits per heavy atom. The van der Waals surface area contributed by atoms with Gasteiger partial charge < -0.3 is 5.32 Å². The van der Waals surface area contributed by atoms with Crippen molar-refractivity contribution >= 4 is 9.73 Å². The standard InChI is InChI=1S/C11H16N2OS/c12-15(14)8-6-11(13-7-9-15)10-4-2-1-3-5-10/h1-5,11-13H,6-9H2. The van der Waals surface area contributed by atoms with Crippen LogP contribution >= 0.6 is 0 Å². The van der Waals surface area contributed by atoms with Crippen LogP contribution in [0.3, 0.4) is 0 Å². The summed E-state index contributed by atoms with van der Waals surface area (Å²) < 4.78 is 19.2. The average Bonchev–Trinajstić information content (AvgIpc) is 2.41. The second-order valence-corrected chi connectivity index (χ2v) is 6.37. The molecule has 1 aliphatic rings. The predicted octanol–water partition coefficient (Wildman–Crippen LogP) is 1.77. The Hall–Kier alpha value is -0.870. The molecule has 1 aliphatic heterocycles. The molecule has 1 heterocycles. The second kappa shape index (κ2) is 4.33. The molecule has 15 heavy (non-hydrogen) atoms. The van der Waals surface area contributed by atoms with E-state index < -0.39 is 9.73 Å². The van der Waals surface area contributed by atoms with E-state index in [4.69, 9.17) is 4.78 Å². The summed E-state index contributed by atoms with van der Waals surface area (Å²) >= 11 is 0. The molecule has 0 bridgehead atoms. The Bertz CT molecular complexity index is 413. The highest BCUT2D eigenvalue weighted by molar-refractivity contribution is 7.92. The summed E-state index contributed by atoms with van der Waals surface area (Å²) in [5.41, 5.74) is 1.23. The smallest absolute Gasteiger partial charge is 0.0454 e. The molecule has 2 atom stereocenters. The molecule has 1 aromatic carbocycles. The summed E-state index contributed by atoms with van der Waals surface area (Å²) in [6.07, 6.45) is 0.798. The quantitative estimate of drug-likeness (QED) is 0.764.